The SMILES string of the molecule is CCCOc1ccccc1NC(=O)c1ccc(S(=O)(=O)Nc2ccccc2)cc1. The van der Waals surface area contributed by atoms with Crippen LogP contribution >= 0.6 is 0 Å². The Kier molecular flexibility index (Phi) is 6.51. The lowest BCUT2D eigenvalue weighted by atomic mass is 10.2. The highest BCUT2D eigenvalue weighted by Crippen LogP contribution is 2.25. The molecule has 0 saturated carbocycles. The van der Waals surface area contributed by atoms with Crippen molar-refractivity contribution in [1.82, 2.24) is 0 Å². The molecule has 0 fully saturated rings. The van der Waals surface area contributed by atoms with E-state index in [1.807, 2.05) is 13.0 Å². The van der Waals surface area contributed by atoms with Crippen LogP contribution in [0.25, 0.3) is 0 Å². The maximum absolute atomic E-state index is 12.6. The first kappa shape index (κ1) is 20.4. The number of hydrogen-bond acceptors (Lipinski definition) is 4. The van der Waals surface area contributed by atoms with Crippen molar-refractivity contribution in [3.63, 3.8) is 0 Å². The molecule has 0 unspecified atom stereocenters. The fourth-order valence-corrected chi connectivity index (χ4v) is 3.67. The van der Waals surface area contributed by atoms with Crippen molar-refractivity contribution in [2.75, 3.05) is 16.6 Å². The van der Waals surface area contributed by atoms with Gasteiger partial charge in [0.25, 0.3) is 15.9 Å². The third kappa shape index (κ3) is 5.36. The fraction of sp³-hybridized carbons (Fsp3) is 0.136. The summed E-state index contributed by atoms with van der Waals surface area (Å²) >= 11 is 0. The van der Waals surface area contributed by atoms with E-state index in [1.54, 1.807) is 48.5 Å². The standard InChI is InChI=1S/C22H22N2O4S/c1-2-16-28-21-11-7-6-10-20(21)23-22(25)17-12-14-19(15-13-17)29(26,27)24-18-8-4-3-5-9-18/h3-15,24H,2,16H2,1H3,(H,23,25). The first-order chi connectivity index (χ1) is 14.0. The molecule has 0 radical (unpaired) electrons. The number of carbonyl (C=O) groups excluding carboxylic acids is 1. The summed E-state index contributed by atoms with van der Waals surface area (Å²) in [4.78, 5) is 12.6. The summed E-state index contributed by atoms with van der Waals surface area (Å²) in [5.41, 5.74) is 1.38. The van der Waals surface area contributed by atoms with Gasteiger partial charge in [-0.1, -0.05) is 37.3 Å². The van der Waals surface area contributed by atoms with Gasteiger partial charge < -0.3 is 10.1 Å². The number of sulfonamides is 1. The number of anilines is 2. The van der Waals surface area contributed by atoms with Crippen LogP contribution in [0.4, 0.5) is 11.4 Å². The minimum atomic E-state index is -3.73. The molecule has 2 N–H and O–H groups in total. The van der Waals surface area contributed by atoms with Gasteiger partial charge in [-0.15, -0.1) is 0 Å². The zero-order valence-corrected chi connectivity index (χ0v) is 16.8. The van der Waals surface area contributed by atoms with Crippen molar-refractivity contribution in [2.24, 2.45) is 0 Å². The predicted octanol–water partition coefficient (Wildman–Crippen LogP) is 4.53. The fourth-order valence-electron chi connectivity index (χ4n) is 2.61. The number of hydrogen-bond donors (Lipinski definition) is 2. The smallest absolute Gasteiger partial charge is 0.261 e. The Morgan fingerprint density at radius 3 is 2.24 bits per heavy atom. The highest BCUT2D eigenvalue weighted by atomic mass is 32.2. The molecule has 0 heterocycles. The van der Waals surface area contributed by atoms with E-state index in [0.717, 1.165) is 6.42 Å². The monoisotopic (exact) mass is 410 g/mol. The normalized spacial score (nSPS) is 10.9. The van der Waals surface area contributed by atoms with Crippen LogP contribution in [-0.2, 0) is 10.0 Å². The molecular weight excluding hydrogens is 388 g/mol. The lowest BCUT2D eigenvalue weighted by molar-refractivity contribution is 0.102. The van der Waals surface area contributed by atoms with Crippen LogP contribution in [-0.4, -0.2) is 20.9 Å². The Bertz CT molecular complexity index is 1070. The van der Waals surface area contributed by atoms with Crippen molar-refractivity contribution in [1.29, 1.82) is 0 Å². The first-order valence-electron chi connectivity index (χ1n) is 9.21. The molecule has 0 atom stereocenters. The number of rotatable bonds is 8. The Labute approximate surface area is 170 Å². The van der Waals surface area contributed by atoms with E-state index < -0.39 is 10.0 Å². The van der Waals surface area contributed by atoms with Gasteiger partial charge in [0.1, 0.15) is 5.75 Å². The lowest BCUT2D eigenvalue weighted by Gasteiger charge is -2.12. The summed E-state index contributed by atoms with van der Waals surface area (Å²) in [6.45, 7) is 2.55. The number of carbonyl (C=O) groups is 1. The van der Waals surface area contributed by atoms with Gasteiger partial charge in [0.15, 0.2) is 0 Å². The van der Waals surface area contributed by atoms with Crippen LogP contribution in [0.3, 0.4) is 0 Å². The van der Waals surface area contributed by atoms with E-state index in [1.165, 1.54) is 24.3 Å². The molecule has 0 aliphatic rings. The van der Waals surface area contributed by atoms with Crippen LogP contribution in [0.15, 0.2) is 83.8 Å². The third-order valence-electron chi connectivity index (χ3n) is 4.05. The molecular formula is C22H22N2O4S. The molecule has 0 saturated heterocycles. The average molecular weight is 410 g/mol. The Hall–Kier alpha value is -3.32. The quantitative estimate of drug-likeness (QED) is 0.571. The van der Waals surface area contributed by atoms with Crippen molar-refractivity contribution in [2.45, 2.75) is 18.2 Å². The van der Waals surface area contributed by atoms with Gasteiger partial charge in [-0.2, -0.15) is 0 Å². The molecule has 0 spiro atoms. The molecule has 3 rings (SSSR count). The molecule has 0 bridgehead atoms. The lowest BCUT2D eigenvalue weighted by Crippen LogP contribution is -2.15. The van der Waals surface area contributed by atoms with E-state index >= 15 is 0 Å². The van der Waals surface area contributed by atoms with E-state index in [-0.39, 0.29) is 10.8 Å². The second kappa shape index (κ2) is 9.25. The summed E-state index contributed by atoms with van der Waals surface area (Å²) < 4.78 is 33.1. The Balaban J connectivity index is 1.72. The Morgan fingerprint density at radius 2 is 1.55 bits per heavy atom. The summed E-state index contributed by atoms with van der Waals surface area (Å²) in [5.74, 6) is 0.242. The topological polar surface area (TPSA) is 84.5 Å². The molecule has 7 heteroatoms. The zero-order valence-electron chi connectivity index (χ0n) is 16.0. The molecule has 29 heavy (non-hydrogen) atoms. The summed E-state index contributed by atoms with van der Waals surface area (Å²) in [7, 11) is -3.73. The number of ether oxygens (including phenoxy) is 1. The highest BCUT2D eigenvalue weighted by molar-refractivity contribution is 7.92. The van der Waals surface area contributed by atoms with Gasteiger partial charge in [0, 0.05) is 11.3 Å². The van der Waals surface area contributed by atoms with Crippen molar-refractivity contribution in [3.05, 3.63) is 84.4 Å². The molecule has 3 aromatic rings. The molecule has 0 aromatic heterocycles. The second-order valence-corrected chi connectivity index (χ2v) is 7.98. The molecule has 0 aliphatic carbocycles. The van der Waals surface area contributed by atoms with Gasteiger partial charge >= 0.3 is 0 Å². The largest absolute Gasteiger partial charge is 0.491 e. The average Bonchev–Trinajstić information content (AvgIpc) is 2.73. The summed E-state index contributed by atoms with van der Waals surface area (Å²) in [5, 5.41) is 2.80. The van der Waals surface area contributed by atoms with E-state index in [9.17, 15) is 13.2 Å². The summed E-state index contributed by atoms with van der Waals surface area (Å²) in [6.07, 6.45) is 0.856. The van der Waals surface area contributed by atoms with Gasteiger partial charge in [0.2, 0.25) is 0 Å². The van der Waals surface area contributed by atoms with Crippen LogP contribution in [0.5, 0.6) is 5.75 Å². The second-order valence-electron chi connectivity index (χ2n) is 6.29. The summed E-state index contributed by atoms with van der Waals surface area (Å²) in [6, 6.07) is 21.6. The Morgan fingerprint density at radius 1 is 0.897 bits per heavy atom. The highest BCUT2D eigenvalue weighted by Gasteiger charge is 2.16. The van der Waals surface area contributed by atoms with Gasteiger partial charge in [0.05, 0.1) is 17.2 Å². The molecule has 3 aromatic carbocycles. The van der Waals surface area contributed by atoms with Crippen molar-refractivity contribution < 1.29 is 17.9 Å². The van der Waals surface area contributed by atoms with Crippen LogP contribution < -0.4 is 14.8 Å². The molecule has 0 aliphatic heterocycles. The number of nitrogens with one attached hydrogen (secondary N) is 2. The van der Waals surface area contributed by atoms with Crippen molar-refractivity contribution in [3.8, 4) is 5.75 Å². The maximum Gasteiger partial charge on any atom is 0.261 e. The first-order valence-corrected chi connectivity index (χ1v) is 10.7. The van der Waals surface area contributed by atoms with Crippen LogP contribution in [0, 0.1) is 0 Å². The van der Waals surface area contributed by atoms with E-state index in [4.69, 9.17) is 4.74 Å². The van der Waals surface area contributed by atoms with Gasteiger partial charge in [-0.25, -0.2) is 8.42 Å². The maximum atomic E-state index is 12.6. The number of amides is 1. The molecule has 6 nitrogen and oxygen atoms in total. The zero-order chi connectivity index (χ0) is 20.7. The molecule has 150 valence electrons. The minimum absolute atomic E-state index is 0.0737. The van der Waals surface area contributed by atoms with E-state index in [2.05, 4.69) is 10.0 Å². The minimum Gasteiger partial charge on any atom is -0.491 e. The van der Waals surface area contributed by atoms with Crippen molar-refractivity contribution >= 4 is 27.3 Å². The number of benzene rings is 3. The van der Waals surface area contributed by atoms with Crippen LogP contribution in [0.1, 0.15) is 23.7 Å². The van der Waals surface area contributed by atoms with E-state index in [0.29, 0.717) is 29.3 Å². The van der Waals surface area contributed by atoms with Gasteiger partial charge in [-0.05, 0) is 55.0 Å². The van der Waals surface area contributed by atoms with Crippen LogP contribution in [0.2, 0.25) is 0 Å². The van der Waals surface area contributed by atoms with Gasteiger partial charge in [-0.3, -0.25) is 9.52 Å². The molecule has 1 amide bonds. The third-order valence-corrected chi connectivity index (χ3v) is 5.45. The predicted molar refractivity (Wildman–Crippen MR) is 114 cm³/mol. The number of para-hydroxylation sites is 3.